The van der Waals surface area contributed by atoms with E-state index >= 15 is 0 Å². The summed E-state index contributed by atoms with van der Waals surface area (Å²) >= 11 is 0. The Morgan fingerprint density at radius 2 is 1.08 bits per heavy atom. The Morgan fingerprint density at radius 1 is 0.460 bits per heavy atom. The zero-order chi connectivity index (χ0) is 33.3. The summed E-state index contributed by atoms with van der Waals surface area (Å²) in [5.41, 5.74) is 12.1. The molecular weight excluding hydrogens is 607 g/mol. The van der Waals surface area contributed by atoms with Crippen LogP contribution >= 0.6 is 0 Å². The molecule has 6 aromatic carbocycles. The van der Waals surface area contributed by atoms with Crippen molar-refractivity contribution >= 4 is 27.1 Å². The highest BCUT2D eigenvalue weighted by Gasteiger charge is 2.14. The van der Waals surface area contributed by atoms with E-state index < -0.39 is 0 Å². The quantitative estimate of drug-likeness (QED) is 0.170. The predicted molar refractivity (Wildman–Crippen MR) is 208 cm³/mol. The second kappa shape index (κ2) is 12.9. The maximum atomic E-state index is 5.15. The summed E-state index contributed by atoms with van der Waals surface area (Å²) in [6.45, 7) is 0. The number of pyridine rings is 1. The first kappa shape index (κ1) is 29.7. The maximum Gasteiger partial charge on any atom is 0.160 e. The average Bonchev–Trinajstić information content (AvgIpc) is 3.21. The Morgan fingerprint density at radius 3 is 1.76 bits per heavy atom. The van der Waals surface area contributed by atoms with Gasteiger partial charge in [0.2, 0.25) is 0 Å². The first-order valence-electron chi connectivity index (χ1n) is 17.1. The summed E-state index contributed by atoms with van der Waals surface area (Å²) in [6, 6.07) is 51.8. The molecule has 1 aliphatic carbocycles. The SMILES string of the molecule is C1=CCCC(c2ccc(-c3cc(-c4ccc(-c5cccnc5)cc4)nc(-c4ccc(-c5cc6ccccc6c6ccccc56)cc4)n3)cc2)=C1. The molecule has 2 heterocycles. The normalized spacial score (nSPS) is 12.7. The van der Waals surface area contributed by atoms with Gasteiger partial charge in [0.05, 0.1) is 11.4 Å². The van der Waals surface area contributed by atoms with E-state index in [1.54, 1.807) is 6.20 Å². The minimum Gasteiger partial charge on any atom is -0.264 e. The Labute approximate surface area is 292 Å². The molecular formula is C47H33N3. The number of benzene rings is 6. The molecule has 0 aliphatic heterocycles. The van der Waals surface area contributed by atoms with Gasteiger partial charge in [-0.2, -0.15) is 0 Å². The number of nitrogens with zero attached hydrogens (tertiary/aromatic N) is 3. The highest BCUT2D eigenvalue weighted by atomic mass is 14.9. The van der Waals surface area contributed by atoms with Crippen molar-refractivity contribution in [3.8, 4) is 56.2 Å². The highest BCUT2D eigenvalue weighted by Crippen LogP contribution is 2.36. The van der Waals surface area contributed by atoms with Crippen LogP contribution in [-0.2, 0) is 0 Å². The second-order valence-corrected chi connectivity index (χ2v) is 12.8. The third-order valence-corrected chi connectivity index (χ3v) is 9.69. The number of aromatic nitrogens is 3. The van der Waals surface area contributed by atoms with Gasteiger partial charge < -0.3 is 0 Å². The molecule has 1 aliphatic rings. The molecule has 3 heteroatoms. The van der Waals surface area contributed by atoms with Crippen molar-refractivity contribution in [2.45, 2.75) is 12.8 Å². The summed E-state index contributed by atoms with van der Waals surface area (Å²) in [6.07, 6.45) is 12.4. The largest absolute Gasteiger partial charge is 0.264 e. The van der Waals surface area contributed by atoms with Gasteiger partial charge in [0, 0.05) is 29.1 Å². The fourth-order valence-corrected chi connectivity index (χ4v) is 7.03. The van der Waals surface area contributed by atoms with Crippen LogP contribution in [-0.4, -0.2) is 15.0 Å². The molecule has 0 radical (unpaired) electrons. The van der Waals surface area contributed by atoms with E-state index in [1.165, 1.54) is 43.8 Å². The third kappa shape index (κ3) is 5.69. The van der Waals surface area contributed by atoms with E-state index in [2.05, 4.69) is 163 Å². The Balaban J connectivity index is 1.12. The third-order valence-electron chi connectivity index (χ3n) is 9.69. The standard InChI is InChI=1S/C47H33N3/c1-2-9-32(10-3-1)33-16-22-36(23-17-33)45-30-46(37-24-18-34(19-25-37)40-12-8-28-48-31-40)50-47(49-45)38-26-20-35(21-27-38)44-29-39-11-4-5-13-41(39)42-14-6-7-15-43(42)44/h1-2,4-9,11-31H,3,10H2. The molecule has 0 saturated carbocycles. The van der Waals surface area contributed by atoms with Gasteiger partial charge in [-0.1, -0.05) is 146 Å². The van der Waals surface area contributed by atoms with Crippen LogP contribution in [0.3, 0.4) is 0 Å². The first-order valence-corrected chi connectivity index (χ1v) is 17.1. The van der Waals surface area contributed by atoms with Crippen LogP contribution in [0.25, 0.3) is 83.3 Å². The lowest BCUT2D eigenvalue weighted by atomic mass is 9.93. The van der Waals surface area contributed by atoms with E-state index in [1.807, 2.05) is 12.3 Å². The summed E-state index contributed by atoms with van der Waals surface area (Å²) in [7, 11) is 0. The topological polar surface area (TPSA) is 38.7 Å². The Kier molecular flexibility index (Phi) is 7.64. The lowest BCUT2D eigenvalue weighted by Gasteiger charge is -2.13. The van der Waals surface area contributed by atoms with Gasteiger partial charge in [0.1, 0.15) is 0 Å². The monoisotopic (exact) mass is 639 g/mol. The van der Waals surface area contributed by atoms with Gasteiger partial charge in [-0.15, -0.1) is 0 Å². The van der Waals surface area contributed by atoms with Crippen molar-refractivity contribution in [2.75, 3.05) is 0 Å². The zero-order valence-electron chi connectivity index (χ0n) is 27.5. The van der Waals surface area contributed by atoms with E-state index in [0.717, 1.165) is 52.0 Å². The van der Waals surface area contributed by atoms with Gasteiger partial charge in [-0.05, 0) is 86.0 Å². The number of rotatable bonds is 6. The van der Waals surface area contributed by atoms with Crippen molar-refractivity contribution in [1.29, 1.82) is 0 Å². The van der Waals surface area contributed by atoms with Gasteiger partial charge in [-0.3, -0.25) is 4.98 Å². The minimum absolute atomic E-state index is 0.702. The number of hydrogen-bond acceptors (Lipinski definition) is 3. The molecule has 0 N–H and O–H groups in total. The smallest absolute Gasteiger partial charge is 0.160 e. The van der Waals surface area contributed by atoms with Crippen LogP contribution in [0, 0.1) is 0 Å². The summed E-state index contributed by atoms with van der Waals surface area (Å²) in [5.74, 6) is 0.702. The molecule has 8 aromatic rings. The molecule has 50 heavy (non-hydrogen) atoms. The molecule has 0 saturated heterocycles. The summed E-state index contributed by atoms with van der Waals surface area (Å²) in [4.78, 5) is 14.6. The highest BCUT2D eigenvalue weighted by molar-refractivity contribution is 6.13. The van der Waals surface area contributed by atoms with Gasteiger partial charge in [0.15, 0.2) is 5.82 Å². The van der Waals surface area contributed by atoms with Crippen LogP contribution in [0.1, 0.15) is 18.4 Å². The molecule has 236 valence electrons. The van der Waals surface area contributed by atoms with Crippen molar-refractivity contribution in [1.82, 2.24) is 15.0 Å². The fraction of sp³-hybridized carbons (Fsp3) is 0.0426. The Bertz CT molecular complexity index is 2550. The van der Waals surface area contributed by atoms with Crippen molar-refractivity contribution in [2.24, 2.45) is 0 Å². The van der Waals surface area contributed by atoms with Crippen LogP contribution in [0.4, 0.5) is 0 Å². The fourth-order valence-electron chi connectivity index (χ4n) is 7.03. The van der Waals surface area contributed by atoms with Crippen LogP contribution in [0.2, 0.25) is 0 Å². The van der Waals surface area contributed by atoms with Crippen LogP contribution < -0.4 is 0 Å². The molecule has 0 amide bonds. The summed E-state index contributed by atoms with van der Waals surface area (Å²) < 4.78 is 0. The molecule has 0 bridgehead atoms. The molecule has 0 spiro atoms. The lowest BCUT2D eigenvalue weighted by molar-refractivity contribution is 1.05. The van der Waals surface area contributed by atoms with Crippen LogP contribution in [0.5, 0.6) is 0 Å². The van der Waals surface area contributed by atoms with Gasteiger partial charge >= 0.3 is 0 Å². The van der Waals surface area contributed by atoms with Crippen molar-refractivity contribution in [3.63, 3.8) is 0 Å². The van der Waals surface area contributed by atoms with Crippen molar-refractivity contribution < 1.29 is 0 Å². The Hall–Kier alpha value is -6.45. The number of allylic oxidation sites excluding steroid dienone is 4. The lowest BCUT2D eigenvalue weighted by Crippen LogP contribution is -1.96. The van der Waals surface area contributed by atoms with Gasteiger partial charge in [0.25, 0.3) is 0 Å². The predicted octanol–water partition coefficient (Wildman–Crippen LogP) is 12.2. The molecule has 0 unspecified atom stereocenters. The molecule has 2 aromatic heterocycles. The van der Waals surface area contributed by atoms with Gasteiger partial charge in [-0.25, -0.2) is 9.97 Å². The summed E-state index contributed by atoms with van der Waals surface area (Å²) in [5, 5.41) is 5.03. The molecule has 9 rings (SSSR count). The average molecular weight is 640 g/mol. The molecule has 0 fully saturated rings. The van der Waals surface area contributed by atoms with Crippen molar-refractivity contribution in [3.05, 3.63) is 182 Å². The minimum atomic E-state index is 0.702. The van der Waals surface area contributed by atoms with E-state index in [0.29, 0.717) is 5.82 Å². The second-order valence-electron chi connectivity index (χ2n) is 12.8. The number of fused-ring (bicyclic) bond motifs is 3. The van der Waals surface area contributed by atoms with E-state index in [4.69, 9.17) is 9.97 Å². The first-order chi connectivity index (χ1) is 24.8. The molecule has 0 atom stereocenters. The molecule has 3 nitrogen and oxygen atoms in total. The van der Waals surface area contributed by atoms with E-state index in [9.17, 15) is 0 Å². The zero-order valence-corrected chi connectivity index (χ0v) is 27.5. The van der Waals surface area contributed by atoms with Crippen LogP contribution in [0.15, 0.2) is 176 Å². The van der Waals surface area contributed by atoms with E-state index in [-0.39, 0.29) is 0 Å². The number of hydrogen-bond donors (Lipinski definition) is 0. The maximum absolute atomic E-state index is 5.15.